The Morgan fingerprint density at radius 1 is 1.26 bits per heavy atom. The molecule has 0 amide bonds. The molecule has 0 unspecified atom stereocenters. The van der Waals surface area contributed by atoms with Crippen LogP contribution in [0, 0.1) is 11.6 Å². The van der Waals surface area contributed by atoms with Gasteiger partial charge in [-0.3, -0.25) is 0 Å². The van der Waals surface area contributed by atoms with E-state index < -0.39 is 17.6 Å². The number of anilines is 1. The number of pyridine rings is 1. The molecular formula is C12H8F2N2O3. The Labute approximate surface area is 106 Å². The van der Waals surface area contributed by atoms with Gasteiger partial charge in [0.2, 0.25) is 5.88 Å². The van der Waals surface area contributed by atoms with Crippen LogP contribution in [-0.2, 0) is 0 Å². The largest absolute Gasteiger partial charge is 0.478 e. The van der Waals surface area contributed by atoms with E-state index in [2.05, 4.69) is 4.98 Å². The van der Waals surface area contributed by atoms with Gasteiger partial charge in [0.05, 0.1) is 0 Å². The zero-order valence-electron chi connectivity index (χ0n) is 9.43. The first-order valence-corrected chi connectivity index (χ1v) is 5.10. The molecular weight excluding hydrogens is 258 g/mol. The van der Waals surface area contributed by atoms with Crippen molar-refractivity contribution in [2.24, 2.45) is 0 Å². The molecule has 7 heteroatoms. The molecule has 3 N–H and O–H groups in total. The fraction of sp³-hybridized carbons (Fsp3) is 0. The van der Waals surface area contributed by atoms with Crippen LogP contribution < -0.4 is 10.5 Å². The number of hydrogen-bond donors (Lipinski definition) is 2. The minimum absolute atomic E-state index is 0.0898. The second-order valence-electron chi connectivity index (χ2n) is 3.56. The molecule has 0 radical (unpaired) electrons. The Morgan fingerprint density at radius 2 is 2.00 bits per heavy atom. The highest BCUT2D eigenvalue weighted by Gasteiger charge is 2.12. The zero-order chi connectivity index (χ0) is 14.0. The molecule has 0 aliphatic heterocycles. The van der Waals surface area contributed by atoms with E-state index in [0.29, 0.717) is 6.07 Å². The van der Waals surface area contributed by atoms with Crippen LogP contribution in [0.3, 0.4) is 0 Å². The Morgan fingerprint density at radius 3 is 2.58 bits per heavy atom. The maximum absolute atomic E-state index is 13.3. The summed E-state index contributed by atoms with van der Waals surface area (Å²) in [5.74, 6) is -3.46. The predicted octanol–water partition coefficient (Wildman–Crippen LogP) is 2.43. The number of nitrogens with zero attached hydrogens (tertiary/aromatic N) is 1. The molecule has 0 aliphatic carbocycles. The van der Waals surface area contributed by atoms with Crippen LogP contribution in [0.5, 0.6) is 11.6 Å². The third-order valence-corrected chi connectivity index (χ3v) is 2.24. The highest BCUT2D eigenvalue weighted by atomic mass is 19.1. The van der Waals surface area contributed by atoms with Crippen molar-refractivity contribution in [2.45, 2.75) is 0 Å². The summed E-state index contributed by atoms with van der Waals surface area (Å²) >= 11 is 0. The lowest BCUT2D eigenvalue weighted by Crippen LogP contribution is -2.05. The van der Waals surface area contributed by atoms with Gasteiger partial charge in [-0.1, -0.05) is 0 Å². The van der Waals surface area contributed by atoms with Crippen LogP contribution in [0.4, 0.5) is 14.6 Å². The van der Waals surface area contributed by atoms with Crippen molar-refractivity contribution in [1.82, 2.24) is 4.98 Å². The first kappa shape index (κ1) is 12.7. The van der Waals surface area contributed by atoms with Gasteiger partial charge in [-0.05, 0) is 18.2 Å². The number of rotatable bonds is 3. The summed E-state index contributed by atoms with van der Waals surface area (Å²) in [6.07, 6.45) is 0. The summed E-state index contributed by atoms with van der Waals surface area (Å²) in [6.45, 7) is 0. The number of benzene rings is 1. The number of hydrogen-bond acceptors (Lipinski definition) is 4. The molecule has 0 fully saturated rings. The van der Waals surface area contributed by atoms with E-state index in [-0.39, 0.29) is 23.0 Å². The summed E-state index contributed by atoms with van der Waals surface area (Å²) in [5, 5.41) is 8.76. The van der Waals surface area contributed by atoms with Crippen LogP contribution in [0.2, 0.25) is 0 Å². The van der Waals surface area contributed by atoms with Gasteiger partial charge < -0.3 is 15.6 Å². The monoisotopic (exact) mass is 266 g/mol. The van der Waals surface area contributed by atoms with Gasteiger partial charge in [-0.2, -0.15) is 4.98 Å². The fourth-order valence-electron chi connectivity index (χ4n) is 1.36. The minimum Gasteiger partial charge on any atom is -0.478 e. The van der Waals surface area contributed by atoms with Gasteiger partial charge in [0.25, 0.3) is 0 Å². The zero-order valence-corrected chi connectivity index (χ0v) is 9.43. The quantitative estimate of drug-likeness (QED) is 0.891. The Hall–Kier alpha value is -2.70. The van der Waals surface area contributed by atoms with Crippen LogP contribution in [-0.4, -0.2) is 16.1 Å². The van der Waals surface area contributed by atoms with E-state index in [1.165, 1.54) is 12.1 Å². The number of aromatic nitrogens is 1. The number of carboxylic acid groups (broad SMARTS) is 1. The predicted molar refractivity (Wildman–Crippen MR) is 62.0 cm³/mol. The van der Waals surface area contributed by atoms with Crippen molar-refractivity contribution in [1.29, 1.82) is 0 Å². The average molecular weight is 266 g/mol. The molecule has 1 aromatic heterocycles. The first-order valence-electron chi connectivity index (χ1n) is 5.10. The fourth-order valence-corrected chi connectivity index (χ4v) is 1.36. The molecule has 0 atom stereocenters. The molecule has 2 rings (SSSR count). The highest BCUT2D eigenvalue weighted by molar-refractivity contribution is 5.92. The molecule has 2 aromatic rings. The van der Waals surface area contributed by atoms with Gasteiger partial charge in [0, 0.05) is 12.1 Å². The molecule has 0 spiro atoms. The van der Waals surface area contributed by atoms with E-state index >= 15 is 0 Å². The highest BCUT2D eigenvalue weighted by Crippen LogP contribution is 2.25. The minimum atomic E-state index is -1.23. The number of carboxylic acids is 1. The molecule has 1 heterocycles. The normalized spacial score (nSPS) is 10.2. The maximum Gasteiger partial charge on any atom is 0.339 e. The topological polar surface area (TPSA) is 85.4 Å². The maximum atomic E-state index is 13.3. The lowest BCUT2D eigenvalue weighted by molar-refractivity contribution is 0.0697. The van der Waals surface area contributed by atoms with Crippen molar-refractivity contribution in [3.8, 4) is 11.6 Å². The van der Waals surface area contributed by atoms with E-state index in [1.807, 2.05) is 0 Å². The molecule has 19 heavy (non-hydrogen) atoms. The molecule has 5 nitrogen and oxygen atoms in total. The Kier molecular flexibility index (Phi) is 3.28. The van der Waals surface area contributed by atoms with Gasteiger partial charge in [-0.15, -0.1) is 0 Å². The summed E-state index contributed by atoms with van der Waals surface area (Å²) in [7, 11) is 0. The summed E-state index contributed by atoms with van der Waals surface area (Å²) in [6, 6.07) is 5.18. The lowest BCUT2D eigenvalue weighted by Gasteiger charge is -2.07. The summed E-state index contributed by atoms with van der Waals surface area (Å²) in [5.41, 5.74) is 5.22. The standard InChI is InChI=1S/C12H8F2N2O3/c13-6-1-3-9(8(14)5-6)19-10-4-2-7(12(17)18)11(15)16-10/h1-5H,(H2,15,16)(H,17,18). The lowest BCUT2D eigenvalue weighted by atomic mass is 10.2. The molecule has 0 saturated heterocycles. The number of aromatic carboxylic acids is 1. The van der Waals surface area contributed by atoms with E-state index in [9.17, 15) is 13.6 Å². The van der Waals surface area contributed by atoms with Gasteiger partial charge >= 0.3 is 5.97 Å². The van der Waals surface area contributed by atoms with Gasteiger partial charge in [0.1, 0.15) is 17.2 Å². The Balaban J connectivity index is 2.29. The average Bonchev–Trinajstić information content (AvgIpc) is 2.32. The van der Waals surface area contributed by atoms with Gasteiger partial charge in [-0.25, -0.2) is 13.6 Å². The molecule has 1 aromatic carbocycles. The summed E-state index contributed by atoms with van der Waals surface area (Å²) in [4.78, 5) is 14.4. The Bertz CT molecular complexity index is 647. The van der Waals surface area contributed by atoms with Gasteiger partial charge in [0.15, 0.2) is 11.6 Å². The smallest absolute Gasteiger partial charge is 0.339 e. The molecule has 0 aliphatic rings. The SMILES string of the molecule is Nc1nc(Oc2ccc(F)cc2F)ccc1C(=O)O. The number of ether oxygens (including phenoxy) is 1. The van der Waals surface area contributed by atoms with Crippen LogP contribution in [0.1, 0.15) is 10.4 Å². The molecule has 0 bridgehead atoms. The van der Waals surface area contributed by atoms with Crippen molar-refractivity contribution in [2.75, 3.05) is 5.73 Å². The van der Waals surface area contributed by atoms with Crippen LogP contribution in [0.25, 0.3) is 0 Å². The van der Waals surface area contributed by atoms with Crippen molar-refractivity contribution in [3.63, 3.8) is 0 Å². The number of nitrogens with two attached hydrogens (primary N) is 1. The molecule has 0 saturated carbocycles. The van der Waals surface area contributed by atoms with E-state index in [0.717, 1.165) is 12.1 Å². The van der Waals surface area contributed by atoms with Crippen molar-refractivity contribution >= 4 is 11.8 Å². The molecule has 98 valence electrons. The third-order valence-electron chi connectivity index (χ3n) is 2.24. The second-order valence-corrected chi connectivity index (χ2v) is 3.56. The number of halogens is 2. The van der Waals surface area contributed by atoms with E-state index in [1.54, 1.807) is 0 Å². The first-order chi connectivity index (χ1) is 8.97. The van der Waals surface area contributed by atoms with Crippen molar-refractivity contribution in [3.05, 3.63) is 47.5 Å². The van der Waals surface area contributed by atoms with E-state index in [4.69, 9.17) is 15.6 Å². The summed E-state index contributed by atoms with van der Waals surface area (Å²) < 4.78 is 31.1. The van der Waals surface area contributed by atoms with Crippen LogP contribution in [0.15, 0.2) is 30.3 Å². The number of nitrogen functional groups attached to an aromatic ring is 1. The second kappa shape index (κ2) is 4.89. The van der Waals surface area contributed by atoms with Crippen LogP contribution >= 0.6 is 0 Å². The van der Waals surface area contributed by atoms with Crippen molar-refractivity contribution < 1.29 is 23.4 Å². The number of carbonyl (C=O) groups is 1. The third kappa shape index (κ3) is 2.76.